The molecular formula is C18H19NO2. The third kappa shape index (κ3) is 4.85. The Morgan fingerprint density at radius 3 is 2.14 bits per heavy atom. The second kappa shape index (κ2) is 7.96. The molecule has 0 aliphatic carbocycles. The van der Waals surface area contributed by atoms with E-state index < -0.39 is 0 Å². The lowest BCUT2D eigenvalue weighted by Crippen LogP contribution is -2.23. The molecule has 0 bridgehead atoms. The van der Waals surface area contributed by atoms with Crippen molar-refractivity contribution in [1.82, 2.24) is 0 Å². The van der Waals surface area contributed by atoms with Crippen LogP contribution < -0.4 is 9.47 Å². The van der Waals surface area contributed by atoms with E-state index in [0.29, 0.717) is 11.3 Å². The molecule has 2 rings (SSSR count). The molecule has 0 spiro atoms. The summed E-state index contributed by atoms with van der Waals surface area (Å²) in [6.07, 6.45) is 2.63. The average Bonchev–Trinajstić information content (AvgIpc) is 2.54. The first-order valence-electron chi connectivity index (χ1n) is 7.20. The molecule has 0 N–H and O–H groups in total. The van der Waals surface area contributed by atoms with E-state index in [0.717, 1.165) is 25.0 Å². The lowest BCUT2D eigenvalue weighted by atomic mass is 10.2. The highest BCUT2D eigenvalue weighted by molar-refractivity contribution is 5.34. The van der Waals surface area contributed by atoms with E-state index in [1.54, 1.807) is 24.3 Å². The maximum absolute atomic E-state index is 8.81. The van der Waals surface area contributed by atoms with Crippen LogP contribution in [0.2, 0.25) is 0 Å². The molecule has 0 saturated carbocycles. The van der Waals surface area contributed by atoms with Gasteiger partial charge in [-0.1, -0.05) is 31.5 Å². The lowest BCUT2D eigenvalue weighted by Gasteiger charge is -2.20. The fraction of sp³-hybridized carbons (Fsp3) is 0.278. The fourth-order valence-corrected chi connectivity index (χ4v) is 1.92. The van der Waals surface area contributed by atoms with Gasteiger partial charge in [-0.05, 0) is 42.8 Å². The Morgan fingerprint density at radius 1 is 0.952 bits per heavy atom. The van der Waals surface area contributed by atoms with Crippen molar-refractivity contribution in [3.63, 3.8) is 0 Å². The highest BCUT2D eigenvalue weighted by atomic mass is 16.7. The molecular weight excluding hydrogens is 262 g/mol. The van der Waals surface area contributed by atoms with Gasteiger partial charge in [-0.3, -0.25) is 0 Å². The van der Waals surface area contributed by atoms with Crippen LogP contribution in [0.5, 0.6) is 11.5 Å². The van der Waals surface area contributed by atoms with Crippen LogP contribution in [-0.4, -0.2) is 6.29 Å². The number of benzene rings is 2. The van der Waals surface area contributed by atoms with Gasteiger partial charge in [0.05, 0.1) is 11.6 Å². The van der Waals surface area contributed by atoms with Gasteiger partial charge in [-0.25, -0.2) is 0 Å². The van der Waals surface area contributed by atoms with E-state index in [9.17, 15) is 0 Å². The van der Waals surface area contributed by atoms with Gasteiger partial charge >= 0.3 is 0 Å². The zero-order chi connectivity index (χ0) is 14.9. The van der Waals surface area contributed by atoms with Crippen LogP contribution >= 0.6 is 0 Å². The molecule has 0 heterocycles. The molecule has 0 aliphatic heterocycles. The molecule has 0 amide bonds. The first-order valence-corrected chi connectivity index (χ1v) is 7.20. The fourth-order valence-electron chi connectivity index (χ4n) is 1.92. The highest BCUT2D eigenvalue weighted by Crippen LogP contribution is 2.19. The van der Waals surface area contributed by atoms with Crippen LogP contribution in [0.25, 0.3) is 0 Å². The molecule has 0 radical (unpaired) electrons. The van der Waals surface area contributed by atoms with Crippen LogP contribution in [0.1, 0.15) is 31.7 Å². The van der Waals surface area contributed by atoms with Crippen molar-refractivity contribution in [2.75, 3.05) is 0 Å². The van der Waals surface area contributed by atoms with Crippen molar-refractivity contribution in [3.8, 4) is 17.6 Å². The minimum atomic E-state index is -0.319. The normalized spacial score (nSPS) is 11.4. The zero-order valence-electron chi connectivity index (χ0n) is 12.2. The SMILES string of the molecule is CCCCC(Oc1ccccc1)Oc1ccc(C#N)cc1. The summed E-state index contributed by atoms with van der Waals surface area (Å²) in [5.41, 5.74) is 0.622. The topological polar surface area (TPSA) is 42.2 Å². The Kier molecular flexibility index (Phi) is 5.66. The summed E-state index contributed by atoms with van der Waals surface area (Å²) >= 11 is 0. The molecule has 1 atom stereocenters. The predicted octanol–water partition coefficient (Wildman–Crippen LogP) is 4.53. The van der Waals surface area contributed by atoms with E-state index in [1.165, 1.54) is 0 Å². The molecule has 0 aliphatic rings. The molecule has 21 heavy (non-hydrogen) atoms. The number of nitriles is 1. The molecule has 3 nitrogen and oxygen atoms in total. The first-order chi connectivity index (χ1) is 10.3. The predicted molar refractivity (Wildman–Crippen MR) is 82.2 cm³/mol. The smallest absolute Gasteiger partial charge is 0.241 e. The molecule has 3 heteroatoms. The summed E-state index contributed by atoms with van der Waals surface area (Å²) in [6, 6.07) is 18.8. The lowest BCUT2D eigenvalue weighted by molar-refractivity contribution is -0.00211. The van der Waals surface area contributed by atoms with Crippen molar-refractivity contribution in [3.05, 3.63) is 60.2 Å². The second-order valence-electron chi connectivity index (χ2n) is 4.76. The summed E-state index contributed by atoms with van der Waals surface area (Å²) < 4.78 is 11.8. The molecule has 1 unspecified atom stereocenters. The van der Waals surface area contributed by atoms with E-state index in [4.69, 9.17) is 14.7 Å². The summed E-state index contributed by atoms with van der Waals surface area (Å²) in [6.45, 7) is 2.14. The standard InChI is InChI=1S/C18H19NO2/c1-2-3-9-18(20-16-7-5-4-6-8-16)21-17-12-10-15(14-19)11-13-17/h4-8,10-13,18H,2-3,9H2,1H3. The summed E-state index contributed by atoms with van der Waals surface area (Å²) in [5, 5.41) is 8.81. The monoisotopic (exact) mass is 281 g/mol. The number of rotatable bonds is 7. The molecule has 108 valence electrons. The molecule has 0 saturated heterocycles. The summed E-state index contributed by atoms with van der Waals surface area (Å²) in [7, 11) is 0. The summed E-state index contributed by atoms with van der Waals surface area (Å²) in [4.78, 5) is 0. The van der Waals surface area contributed by atoms with Crippen molar-refractivity contribution in [2.24, 2.45) is 0 Å². The van der Waals surface area contributed by atoms with Gasteiger partial charge in [0.1, 0.15) is 11.5 Å². The minimum Gasteiger partial charge on any atom is -0.455 e. The van der Waals surface area contributed by atoms with Gasteiger partial charge in [0.25, 0.3) is 0 Å². The number of unbranched alkanes of at least 4 members (excludes halogenated alkanes) is 1. The highest BCUT2D eigenvalue weighted by Gasteiger charge is 2.12. The maximum atomic E-state index is 8.81. The maximum Gasteiger partial charge on any atom is 0.241 e. The number of hydrogen-bond donors (Lipinski definition) is 0. The summed E-state index contributed by atoms with van der Waals surface area (Å²) in [5.74, 6) is 1.51. The largest absolute Gasteiger partial charge is 0.455 e. The van der Waals surface area contributed by atoms with E-state index in [1.807, 2.05) is 30.3 Å². The van der Waals surface area contributed by atoms with Crippen LogP contribution in [0.3, 0.4) is 0 Å². The van der Waals surface area contributed by atoms with Gasteiger partial charge < -0.3 is 9.47 Å². The Balaban J connectivity index is 2.03. The zero-order valence-corrected chi connectivity index (χ0v) is 12.2. The van der Waals surface area contributed by atoms with Crippen LogP contribution in [0.4, 0.5) is 0 Å². The van der Waals surface area contributed by atoms with E-state index >= 15 is 0 Å². The van der Waals surface area contributed by atoms with Crippen LogP contribution in [0.15, 0.2) is 54.6 Å². The van der Waals surface area contributed by atoms with Crippen LogP contribution in [-0.2, 0) is 0 Å². The van der Waals surface area contributed by atoms with Gasteiger partial charge in [0.2, 0.25) is 6.29 Å². The van der Waals surface area contributed by atoms with E-state index in [2.05, 4.69) is 13.0 Å². The third-order valence-electron chi connectivity index (χ3n) is 3.06. The van der Waals surface area contributed by atoms with Gasteiger partial charge in [0, 0.05) is 6.42 Å². The molecule has 0 fully saturated rings. The number of para-hydroxylation sites is 1. The van der Waals surface area contributed by atoms with Gasteiger partial charge in [-0.15, -0.1) is 0 Å². The van der Waals surface area contributed by atoms with Crippen LogP contribution in [0, 0.1) is 11.3 Å². The Hall–Kier alpha value is -2.47. The van der Waals surface area contributed by atoms with Gasteiger partial charge in [-0.2, -0.15) is 5.26 Å². The third-order valence-corrected chi connectivity index (χ3v) is 3.06. The number of ether oxygens (including phenoxy) is 2. The van der Waals surface area contributed by atoms with Gasteiger partial charge in [0.15, 0.2) is 0 Å². The van der Waals surface area contributed by atoms with Crippen molar-refractivity contribution in [1.29, 1.82) is 5.26 Å². The average molecular weight is 281 g/mol. The Morgan fingerprint density at radius 2 is 1.57 bits per heavy atom. The molecule has 2 aromatic rings. The quantitative estimate of drug-likeness (QED) is 0.700. The number of nitrogens with zero attached hydrogens (tertiary/aromatic N) is 1. The second-order valence-corrected chi connectivity index (χ2v) is 4.76. The minimum absolute atomic E-state index is 0.319. The van der Waals surface area contributed by atoms with Crippen molar-refractivity contribution >= 4 is 0 Å². The molecule has 0 aromatic heterocycles. The van der Waals surface area contributed by atoms with Crippen molar-refractivity contribution < 1.29 is 9.47 Å². The van der Waals surface area contributed by atoms with E-state index in [-0.39, 0.29) is 6.29 Å². The Labute approximate surface area is 125 Å². The number of hydrogen-bond acceptors (Lipinski definition) is 3. The Bertz CT molecular complexity index is 572. The molecule has 2 aromatic carbocycles. The van der Waals surface area contributed by atoms with Crippen molar-refractivity contribution in [2.45, 2.75) is 32.5 Å². The first kappa shape index (κ1) is 14.9.